The smallest absolute Gasteiger partial charge is 0.306 e. The third-order valence-electron chi connectivity index (χ3n) is 10.8. The van der Waals surface area contributed by atoms with E-state index in [0.717, 1.165) is 49.6 Å². The van der Waals surface area contributed by atoms with Gasteiger partial charge in [0, 0.05) is 24.3 Å². The van der Waals surface area contributed by atoms with Crippen LogP contribution in [-0.4, -0.2) is 119 Å². The number of aliphatic hydroxyl groups excluding tert-OH is 5. The number of anilines is 1. The number of amides is 1. The molecule has 336 valence electrons. The average Bonchev–Trinajstić information content (AvgIpc) is 3.66. The Labute approximate surface area is 351 Å². The molecule has 0 aliphatic heterocycles. The molecule has 0 saturated heterocycles. The van der Waals surface area contributed by atoms with E-state index in [1.165, 1.54) is 114 Å². The van der Waals surface area contributed by atoms with Crippen molar-refractivity contribution in [3.63, 3.8) is 0 Å². The highest BCUT2D eigenvalue weighted by molar-refractivity contribution is 7.99. The van der Waals surface area contributed by atoms with Crippen LogP contribution in [0, 0.1) is 0 Å². The quantitative estimate of drug-likeness (QED) is 0.0335. The van der Waals surface area contributed by atoms with Gasteiger partial charge in [-0.25, -0.2) is 4.68 Å². The molecule has 2 rings (SSSR count). The lowest BCUT2D eigenvalue weighted by atomic mass is 9.83. The van der Waals surface area contributed by atoms with Gasteiger partial charge < -0.3 is 46.1 Å². The molecule has 0 bridgehead atoms. The lowest BCUT2D eigenvalue weighted by Crippen LogP contribution is -2.61. The minimum absolute atomic E-state index is 0.0566. The molecule has 1 amide bonds. The van der Waals surface area contributed by atoms with Gasteiger partial charge in [-0.3, -0.25) is 14.4 Å². The number of aromatic nitrogens is 3. The maximum absolute atomic E-state index is 12.9. The molecule has 58 heavy (non-hydrogen) atoms. The number of carbonyl (C=O) groups is 3. The van der Waals surface area contributed by atoms with E-state index in [4.69, 9.17) is 15.2 Å². The minimum atomic E-state index is -1.76. The summed E-state index contributed by atoms with van der Waals surface area (Å²) in [6.45, 7) is 4.37. The molecule has 2 unspecified atom stereocenters. The fourth-order valence-electron chi connectivity index (χ4n) is 7.11. The fraction of sp³-hybridized carbons (Fsp3) is 0.881. The number of carbonyl (C=O) groups excluding carboxylic acids is 3. The largest absolute Gasteiger partial charge is 0.462 e. The van der Waals surface area contributed by atoms with Crippen molar-refractivity contribution in [3.05, 3.63) is 6.20 Å². The summed E-state index contributed by atoms with van der Waals surface area (Å²) in [4.78, 5) is 38.3. The first-order valence-electron chi connectivity index (χ1n) is 22.3. The van der Waals surface area contributed by atoms with E-state index in [0.29, 0.717) is 6.42 Å². The highest BCUT2D eigenvalue weighted by atomic mass is 32.2. The van der Waals surface area contributed by atoms with E-state index in [-0.39, 0.29) is 42.3 Å². The third-order valence-corrected chi connectivity index (χ3v) is 12.0. The molecule has 1 aliphatic carbocycles. The maximum Gasteiger partial charge on any atom is 0.306 e. The summed E-state index contributed by atoms with van der Waals surface area (Å²) in [5.41, 5.74) is 6.15. The van der Waals surface area contributed by atoms with E-state index < -0.39 is 54.6 Å². The summed E-state index contributed by atoms with van der Waals surface area (Å²) in [5.74, 6) is -0.959. The summed E-state index contributed by atoms with van der Waals surface area (Å²) in [6, 6.07) is -2.37. The third kappa shape index (κ3) is 21.3. The highest BCUT2D eigenvalue weighted by Gasteiger charge is 2.49. The van der Waals surface area contributed by atoms with Crippen molar-refractivity contribution in [3.8, 4) is 0 Å². The molecule has 1 aromatic heterocycles. The molecule has 0 radical (unpaired) electrons. The number of rotatable bonds is 34. The molecular weight excluding hydrogens is 767 g/mol. The van der Waals surface area contributed by atoms with Gasteiger partial charge in [0.15, 0.2) is 5.82 Å². The molecule has 1 heterocycles. The number of hydrogen-bond donors (Lipinski definition) is 7. The van der Waals surface area contributed by atoms with Crippen LogP contribution in [0.15, 0.2) is 6.20 Å². The summed E-state index contributed by atoms with van der Waals surface area (Å²) in [6.07, 6.45) is 18.3. The Hall–Kier alpha value is -2.34. The van der Waals surface area contributed by atoms with Gasteiger partial charge in [0.1, 0.15) is 49.3 Å². The monoisotopic (exact) mass is 844 g/mol. The number of ether oxygens (including phenoxy) is 2. The minimum Gasteiger partial charge on any atom is -0.462 e. The van der Waals surface area contributed by atoms with Crippen LogP contribution in [0.2, 0.25) is 0 Å². The summed E-state index contributed by atoms with van der Waals surface area (Å²) in [7, 11) is 0. The molecule has 16 heteroatoms. The van der Waals surface area contributed by atoms with Crippen LogP contribution >= 0.6 is 11.8 Å². The molecule has 1 aromatic rings. The Morgan fingerprint density at radius 3 is 1.59 bits per heavy atom. The zero-order valence-corrected chi connectivity index (χ0v) is 36.2. The van der Waals surface area contributed by atoms with Gasteiger partial charge in [-0.05, 0) is 12.8 Å². The molecular formula is C42H77N5O10S. The Kier molecular flexibility index (Phi) is 28.2. The van der Waals surface area contributed by atoms with Gasteiger partial charge in [0.25, 0.3) is 0 Å². The van der Waals surface area contributed by atoms with Crippen LogP contribution < -0.4 is 11.1 Å². The summed E-state index contributed by atoms with van der Waals surface area (Å²) in [5, 5.41) is 60.8. The van der Waals surface area contributed by atoms with E-state index in [9.17, 15) is 39.9 Å². The van der Waals surface area contributed by atoms with E-state index in [2.05, 4.69) is 29.5 Å². The van der Waals surface area contributed by atoms with Crippen LogP contribution in [0.25, 0.3) is 0 Å². The Morgan fingerprint density at radius 1 is 0.672 bits per heavy atom. The maximum atomic E-state index is 12.9. The van der Waals surface area contributed by atoms with Crippen molar-refractivity contribution >= 4 is 35.4 Å². The van der Waals surface area contributed by atoms with Crippen LogP contribution in [-0.2, 0) is 23.9 Å². The molecule has 0 spiro atoms. The van der Waals surface area contributed by atoms with Gasteiger partial charge in [0.05, 0.1) is 12.2 Å². The molecule has 1 fully saturated rings. The molecule has 1 aliphatic rings. The standard InChI is InChI=1S/C42H77N5O10S/c1-3-5-7-9-11-13-15-17-19-21-23-25-34(48)56-28-31(57-35(49)26-24-22-20-18-16-14-12-10-8-6-4-2)29-58-30-32(43)42(55)44-33-27-47(46-45-33)36-37(50)39(52)41(54)40(53)38(36)51/h27,31-32,36-41,50-54H,3-26,28-30,43H2,1-2H3,(H,44,55)/t31-,32-,36?,37+,38+,39-,40+,41?/m1/s1. The van der Waals surface area contributed by atoms with Gasteiger partial charge >= 0.3 is 11.9 Å². The second-order valence-corrected chi connectivity index (χ2v) is 17.1. The van der Waals surface area contributed by atoms with Crippen molar-refractivity contribution in [2.75, 3.05) is 23.4 Å². The number of aliphatic hydroxyl groups is 5. The van der Waals surface area contributed by atoms with Crippen molar-refractivity contribution in [1.29, 1.82) is 0 Å². The Balaban J connectivity index is 1.79. The first kappa shape index (κ1) is 51.8. The number of nitrogens with one attached hydrogen (secondary N) is 1. The Morgan fingerprint density at radius 2 is 1.10 bits per heavy atom. The number of nitrogens with two attached hydrogens (primary N) is 1. The van der Waals surface area contributed by atoms with E-state index >= 15 is 0 Å². The molecule has 0 aromatic carbocycles. The number of thioether (sulfide) groups is 1. The molecule has 8 N–H and O–H groups in total. The molecule has 1 saturated carbocycles. The van der Waals surface area contributed by atoms with Crippen LogP contribution in [0.1, 0.15) is 174 Å². The van der Waals surface area contributed by atoms with Crippen molar-refractivity contribution in [1.82, 2.24) is 15.0 Å². The van der Waals surface area contributed by atoms with Crippen LogP contribution in [0.4, 0.5) is 5.82 Å². The lowest BCUT2D eigenvalue weighted by molar-refractivity contribution is -0.200. The predicted molar refractivity (Wildman–Crippen MR) is 226 cm³/mol. The number of unbranched alkanes of at least 4 members (excludes halogenated alkanes) is 20. The Bertz CT molecular complexity index is 1230. The van der Waals surface area contributed by atoms with Crippen molar-refractivity contribution in [2.24, 2.45) is 5.73 Å². The van der Waals surface area contributed by atoms with Gasteiger partial charge in [0.2, 0.25) is 5.91 Å². The van der Waals surface area contributed by atoms with Gasteiger partial charge in [-0.1, -0.05) is 147 Å². The second kappa shape index (κ2) is 31.5. The lowest BCUT2D eigenvalue weighted by Gasteiger charge is -2.41. The zero-order valence-electron chi connectivity index (χ0n) is 35.4. The van der Waals surface area contributed by atoms with Crippen molar-refractivity contribution < 1.29 is 49.4 Å². The second-order valence-electron chi connectivity index (χ2n) is 16.0. The average molecular weight is 844 g/mol. The predicted octanol–water partition coefficient (Wildman–Crippen LogP) is 5.49. The van der Waals surface area contributed by atoms with Crippen LogP contribution in [0.3, 0.4) is 0 Å². The fourth-order valence-corrected chi connectivity index (χ4v) is 8.08. The normalized spacial score (nSPS) is 21.7. The number of esters is 2. The highest BCUT2D eigenvalue weighted by Crippen LogP contribution is 2.30. The van der Waals surface area contributed by atoms with Crippen molar-refractivity contribution in [2.45, 2.75) is 217 Å². The first-order chi connectivity index (χ1) is 28.0. The van der Waals surface area contributed by atoms with E-state index in [1.54, 1.807) is 0 Å². The summed E-state index contributed by atoms with van der Waals surface area (Å²) < 4.78 is 12.3. The molecule has 8 atom stereocenters. The van der Waals surface area contributed by atoms with Gasteiger partial charge in [-0.15, -0.1) is 5.10 Å². The first-order valence-corrected chi connectivity index (χ1v) is 23.5. The van der Waals surface area contributed by atoms with Crippen LogP contribution in [0.5, 0.6) is 0 Å². The zero-order chi connectivity index (χ0) is 42.5. The van der Waals surface area contributed by atoms with Gasteiger partial charge in [-0.2, -0.15) is 11.8 Å². The summed E-state index contributed by atoms with van der Waals surface area (Å²) >= 11 is 1.27. The molecule has 15 nitrogen and oxygen atoms in total. The van der Waals surface area contributed by atoms with E-state index in [1.807, 2.05) is 0 Å². The number of nitrogens with zero attached hydrogens (tertiary/aromatic N) is 3. The SMILES string of the molecule is CCCCCCCCCCCCCC(=O)OC[C@H](CSC[C@@H](N)C(=O)Nc1cn(C2[C@H](O)[C@H](O)C(O)[C@H](O)[C@H]2O)nn1)OC(=O)CCCCCCCCCCCCC. The number of hydrogen-bond acceptors (Lipinski definition) is 14. The topological polar surface area (TPSA) is 240 Å².